The highest BCUT2D eigenvalue weighted by Gasteiger charge is 2.31. The summed E-state index contributed by atoms with van der Waals surface area (Å²) in [7, 11) is -3.70. The number of carboxylic acids is 1. The topological polar surface area (TPSA) is 113 Å². The van der Waals surface area contributed by atoms with Gasteiger partial charge in [-0.2, -0.15) is 0 Å². The number of piperidine rings is 1. The highest BCUT2D eigenvalue weighted by Crippen LogP contribution is 2.22. The zero-order chi connectivity index (χ0) is 20.2. The smallest absolute Gasteiger partial charge is 0.341 e. The Morgan fingerprint density at radius 3 is 2.22 bits per heavy atom. The Morgan fingerprint density at radius 2 is 1.74 bits per heavy atom. The first-order chi connectivity index (χ1) is 12.5. The second kappa shape index (κ2) is 8.26. The molecular weight excluding hydrogens is 372 g/mol. The van der Waals surface area contributed by atoms with E-state index in [2.05, 4.69) is 4.72 Å². The summed E-state index contributed by atoms with van der Waals surface area (Å²) in [5.41, 5.74) is -0.448. The van der Waals surface area contributed by atoms with Gasteiger partial charge in [0, 0.05) is 24.5 Å². The lowest BCUT2D eigenvalue weighted by Gasteiger charge is -2.35. The van der Waals surface area contributed by atoms with Crippen LogP contribution in [0.1, 0.15) is 33.6 Å². The quantitative estimate of drug-likeness (QED) is 0.750. The Bertz CT molecular complexity index is 775. The van der Waals surface area contributed by atoms with Crippen molar-refractivity contribution in [3.8, 4) is 5.75 Å². The number of carboxylic acid groups (broad SMARTS) is 1. The molecule has 1 aliphatic rings. The summed E-state index contributed by atoms with van der Waals surface area (Å²) in [6, 6.07) is 5.35. The number of likely N-dealkylation sites (tertiary alicyclic amines) is 1. The molecule has 1 heterocycles. The summed E-state index contributed by atoms with van der Waals surface area (Å²) >= 11 is 0. The molecule has 1 fully saturated rings. The third kappa shape index (κ3) is 5.93. The van der Waals surface area contributed by atoms with Crippen molar-refractivity contribution in [3.63, 3.8) is 0 Å². The molecule has 1 aliphatic heterocycles. The largest absolute Gasteiger partial charge is 0.482 e. The van der Waals surface area contributed by atoms with Crippen LogP contribution in [0.5, 0.6) is 5.75 Å². The number of carbonyl (C=O) groups is 2. The average Bonchev–Trinajstić information content (AvgIpc) is 2.59. The predicted molar refractivity (Wildman–Crippen MR) is 99.0 cm³/mol. The molecule has 1 aromatic rings. The highest BCUT2D eigenvalue weighted by molar-refractivity contribution is 7.89. The lowest BCUT2D eigenvalue weighted by atomic mass is 9.93. The van der Waals surface area contributed by atoms with E-state index in [-0.39, 0.29) is 22.6 Å². The van der Waals surface area contributed by atoms with Crippen LogP contribution in [0.15, 0.2) is 29.2 Å². The normalized spacial score (nSPS) is 16.2. The standard InChI is InChI=1S/C18H26N2O6S/c1-18(2,3)17(23)20-10-8-13(9-11-20)19-27(24,25)15-6-4-14(5-7-15)26-12-16(21)22/h4-7,13,19H,8-12H2,1-3H3,(H,21,22). The number of hydrogen-bond acceptors (Lipinski definition) is 5. The van der Waals surface area contributed by atoms with E-state index in [1.807, 2.05) is 20.8 Å². The van der Waals surface area contributed by atoms with Crippen LogP contribution in [0.4, 0.5) is 0 Å². The summed E-state index contributed by atoms with van der Waals surface area (Å²) in [4.78, 5) is 24.6. The predicted octanol–water partition coefficient (Wildman–Crippen LogP) is 1.47. The minimum absolute atomic E-state index is 0.0701. The summed E-state index contributed by atoms with van der Waals surface area (Å²) < 4.78 is 32.7. The molecule has 0 bridgehead atoms. The van der Waals surface area contributed by atoms with Crippen LogP contribution < -0.4 is 9.46 Å². The molecule has 0 unspecified atom stereocenters. The SMILES string of the molecule is CC(C)(C)C(=O)N1CCC(NS(=O)(=O)c2ccc(OCC(=O)O)cc2)CC1. The Kier molecular flexibility index (Phi) is 6.48. The fraction of sp³-hybridized carbons (Fsp3) is 0.556. The number of sulfonamides is 1. The fourth-order valence-electron chi connectivity index (χ4n) is 2.82. The number of nitrogens with one attached hydrogen (secondary N) is 1. The second-order valence-electron chi connectivity index (χ2n) is 7.59. The van der Waals surface area contributed by atoms with Crippen LogP contribution in [0.2, 0.25) is 0 Å². The van der Waals surface area contributed by atoms with Crippen molar-refractivity contribution in [2.75, 3.05) is 19.7 Å². The molecule has 2 rings (SSSR count). The van der Waals surface area contributed by atoms with Crippen molar-refractivity contribution >= 4 is 21.9 Å². The van der Waals surface area contributed by atoms with E-state index in [9.17, 15) is 18.0 Å². The summed E-state index contributed by atoms with van der Waals surface area (Å²) in [6.07, 6.45) is 1.11. The van der Waals surface area contributed by atoms with Gasteiger partial charge in [0.2, 0.25) is 15.9 Å². The molecule has 1 saturated heterocycles. The van der Waals surface area contributed by atoms with E-state index >= 15 is 0 Å². The summed E-state index contributed by atoms with van der Waals surface area (Å²) in [5.74, 6) is -0.754. The van der Waals surface area contributed by atoms with Crippen molar-refractivity contribution < 1.29 is 27.9 Å². The van der Waals surface area contributed by atoms with Gasteiger partial charge in [-0.05, 0) is 37.1 Å². The van der Waals surface area contributed by atoms with Gasteiger partial charge in [0.15, 0.2) is 6.61 Å². The number of hydrogen-bond donors (Lipinski definition) is 2. The molecular formula is C18H26N2O6S. The van der Waals surface area contributed by atoms with Crippen LogP contribution in [0, 0.1) is 5.41 Å². The zero-order valence-electron chi connectivity index (χ0n) is 15.8. The van der Waals surface area contributed by atoms with Crippen molar-refractivity contribution in [2.24, 2.45) is 5.41 Å². The molecule has 0 aliphatic carbocycles. The van der Waals surface area contributed by atoms with Crippen LogP contribution in [-0.4, -0.2) is 56.0 Å². The lowest BCUT2D eigenvalue weighted by Crippen LogP contribution is -2.49. The van der Waals surface area contributed by atoms with E-state index < -0.39 is 28.0 Å². The van der Waals surface area contributed by atoms with Crippen molar-refractivity contribution in [2.45, 2.75) is 44.6 Å². The number of ether oxygens (including phenoxy) is 1. The number of benzene rings is 1. The molecule has 0 saturated carbocycles. The Balaban J connectivity index is 1.93. The van der Waals surface area contributed by atoms with Crippen molar-refractivity contribution in [1.82, 2.24) is 9.62 Å². The van der Waals surface area contributed by atoms with Crippen LogP contribution in [-0.2, 0) is 19.6 Å². The maximum absolute atomic E-state index is 12.5. The molecule has 0 spiro atoms. The van der Waals surface area contributed by atoms with Gasteiger partial charge < -0.3 is 14.7 Å². The molecule has 1 aromatic carbocycles. The maximum atomic E-state index is 12.5. The van der Waals surface area contributed by atoms with Gasteiger partial charge in [0.25, 0.3) is 0 Å². The van der Waals surface area contributed by atoms with Gasteiger partial charge in [-0.25, -0.2) is 17.9 Å². The monoisotopic (exact) mass is 398 g/mol. The Hall–Kier alpha value is -2.13. The maximum Gasteiger partial charge on any atom is 0.341 e. The van der Waals surface area contributed by atoms with E-state index in [4.69, 9.17) is 9.84 Å². The molecule has 1 amide bonds. The molecule has 0 atom stereocenters. The van der Waals surface area contributed by atoms with Crippen molar-refractivity contribution in [3.05, 3.63) is 24.3 Å². The Labute approximate surface area is 159 Å². The van der Waals surface area contributed by atoms with Crippen LogP contribution in [0.25, 0.3) is 0 Å². The number of aliphatic carboxylic acids is 1. The number of rotatable bonds is 6. The Morgan fingerprint density at radius 1 is 1.19 bits per heavy atom. The molecule has 150 valence electrons. The van der Waals surface area contributed by atoms with Gasteiger partial charge in [-0.3, -0.25) is 4.79 Å². The lowest BCUT2D eigenvalue weighted by molar-refractivity contribution is -0.140. The first-order valence-electron chi connectivity index (χ1n) is 8.75. The molecule has 0 radical (unpaired) electrons. The van der Waals surface area contributed by atoms with Gasteiger partial charge in [-0.15, -0.1) is 0 Å². The number of amides is 1. The number of nitrogens with zero attached hydrogens (tertiary/aromatic N) is 1. The molecule has 2 N–H and O–H groups in total. The molecule has 0 aromatic heterocycles. The molecule has 8 nitrogen and oxygen atoms in total. The van der Waals surface area contributed by atoms with E-state index in [0.717, 1.165) is 0 Å². The zero-order valence-corrected chi connectivity index (χ0v) is 16.6. The van der Waals surface area contributed by atoms with Gasteiger partial charge in [0.05, 0.1) is 4.90 Å². The van der Waals surface area contributed by atoms with E-state index in [1.165, 1.54) is 24.3 Å². The van der Waals surface area contributed by atoms with Gasteiger partial charge in [0.1, 0.15) is 5.75 Å². The van der Waals surface area contributed by atoms with Crippen molar-refractivity contribution in [1.29, 1.82) is 0 Å². The van der Waals surface area contributed by atoms with E-state index in [1.54, 1.807) is 4.90 Å². The first-order valence-corrected chi connectivity index (χ1v) is 10.2. The summed E-state index contributed by atoms with van der Waals surface area (Å²) in [5, 5.41) is 8.58. The second-order valence-corrected chi connectivity index (χ2v) is 9.31. The fourth-order valence-corrected chi connectivity index (χ4v) is 4.13. The van der Waals surface area contributed by atoms with E-state index in [0.29, 0.717) is 25.9 Å². The first kappa shape index (κ1) is 21.2. The minimum Gasteiger partial charge on any atom is -0.482 e. The third-order valence-electron chi connectivity index (χ3n) is 4.24. The minimum atomic E-state index is -3.70. The summed E-state index contributed by atoms with van der Waals surface area (Å²) in [6.45, 7) is 6.16. The molecule has 9 heteroatoms. The third-order valence-corrected chi connectivity index (χ3v) is 5.78. The number of carbonyl (C=O) groups excluding carboxylic acids is 1. The van der Waals surface area contributed by atoms with Gasteiger partial charge >= 0.3 is 5.97 Å². The average molecular weight is 398 g/mol. The van der Waals surface area contributed by atoms with Crippen LogP contribution >= 0.6 is 0 Å². The van der Waals surface area contributed by atoms with Gasteiger partial charge in [-0.1, -0.05) is 20.8 Å². The van der Waals surface area contributed by atoms with Crippen LogP contribution in [0.3, 0.4) is 0 Å². The molecule has 27 heavy (non-hydrogen) atoms. The highest BCUT2D eigenvalue weighted by atomic mass is 32.2.